The molecule has 2 rings (SSSR count). The molecule has 0 heteroatoms. The molecule has 0 aromatic rings. The first-order chi connectivity index (χ1) is 7.81. The molecule has 92 valence electrons. The Bertz CT molecular complexity index is 204. The van der Waals surface area contributed by atoms with Crippen molar-refractivity contribution in [2.45, 2.75) is 64.7 Å². The van der Waals surface area contributed by atoms with Gasteiger partial charge in [-0.25, -0.2) is 0 Å². The summed E-state index contributed by atoms with van der Waals surface area (Å²) in [5.74, 6) is 3.85. The predicted octanol–water partition coefficient (Wildman–Crippen LogP) is 5.20. The molecule has 0 radical (unpaired) electrons. The summed E-state index contributed by atoms with van der Waals surface area (Å²) in [6.07, 6.45) is 15.7. The van der Waals surface area contributed by atoms with Crippen molar-refractivity contribution < 1.29 is 0 Å². The Labute approximate surface area is 102 Å². The molecule has 1 unspecified atom stereocenters. The highest BCUT2D eigenvalue weighted by Gasteiger charge is 2.29. The number of hydrogen-bond acceptors (Lipinski definition) is 0. The van der Waals surface area contributed by atoms with Crippen molar-refractivity contribution in [3.05, 3.63) is 12.7 Å². The lowest BCUT2D eigenvalue weighted by Crippen LogP contribution is -2.25. The molecule has 0 heterocycles. The largest absolute Gasteiger partial charge is 0.103 e. The van der Waals surface area contributed by atoms with Gasteiger partial charge in [0.1, 0.15) is 0 Å². The minimum Gasteiger partial charge on any atom is -0.103 e. The van der Waals surface area contributed by atoms with E-state index in [0.717, 1.165) is 23.7 Å². The van der Waals surface area contributed by atoms with Crippen molar-refractivity contribution in [2.24, 2.45) is 23.7 Å². The molecule has 0 aromatic heterocycles. The van der Waals surface area contributed by atoms with Crippen LogP contribution in [0.25, 0.3) is 0 Å². The molecular formula is C16H28. The zero-order valence-electron chi connectivity index (χ0n) is 11.0. The molecule has 16 heavy (non-hydrogen) atoms. The molecule has 1 atom stereocenters. The van der Waals surface area contributed by atoms with Crippen LogP contribution < -0.4 is 0 Å². The Hall–Kier alpha value is -0.260. The van der Waals surface area contributed by atoms with E-state index in [1.807, 2.05) is 0 Å². The van der Waals surface area contributed by atoms with Crippen LogP contribution in [0, 0.1) is 23.7 Å². The molecule has 2 aliphatic rings. The minimum absolute atomic E-state index is 0.743. The van der Waals surface area contributed by atoms with Gasteiger partial charge in [0, 0.05) is 0 Å². The van der Waals surface area contributed by atoms with Crippen LogP contribution in [0.15, 0.2) is 12.7 Å². The molecule has 0 spiro atoms. The van der Waals surface area contributed by atoms with E-state index in [0.29, 0.717) is 0 Å². The van der Waals surface area contributed by atoms with Gasteiger partial charge in [0.15, 0.2) is 0 Å². The van der Waals surface area contributed by atoms with Gasteiger partial charge < -0.3 is 0 Å². The molecule has 0 N–H and O–H groups in total. The first-order valence-electron chi connectivity index (χ1n) is 7.44. The van der Waals surface area contributed by atoms with Crippen LogP contribution in [0.4, 0.5) is 0 Å². The molecule has 0 nitrogen and oxygen atoms in total. The fourth-order valence-electron chi connectivity index (χ4n) is 3.94. The van der Waals surface area contributed by atoms with Gasteiger partial charge >= 0.3 is 0 Å². The zero-order valence-corrected chi connectivity index (χ0v) is 11.0. The third kappa shape index (κ3) is 2.90. The summed E-state index contributed by atoms with van der Waals surface area (Å²) in [7, 11) is 0. The third-order valence-electron chi connectivity index (χ3n) is 5.25. The van der Waals surface area contributed by atoms with Gasteiger partial charge in [-0.15, -0.1) is 6.58 Å². The van der Waals surface area contributed by atoms with Gasteiger partial charge in [-0.2, -0.15) is 0 Å². The lowest BCUT2D eigenvalue weighted by molar-refractivity contribution is 0.153. The zero-order chi connectivity index (χ0) is 11.4. The first kappa shape index (κ1) is 12.2. The summed E-state index contributed by atoms with van der Waals surface area (Å²) in [4.78, 5) is 0. The molecule has 0 saturated heterocycles. The second-order valence-electron chi connectivity index (χ2n) is 6.17. The van der Waals surface area contributed by atoms with Crippen LogP contribution >= 0.6 is 0 Å². The van der Waals surface area contributed by atoms with Gasteiger partial charge in [0.2, 0.25) is 0 Å². The smallest absolute Gasteiger partial charge is 0.0236 e. The summed E-state index contributed by atoms with van der Waals surface area (Å²) in [5, 5.41) is 0. The van der Waals surface area contributed by atoms with Crippen LogP contribution in [-0.2, 0) is 0 Å². The molecular weight excluding hydrogens is 192 g/mol. The fourth-order valence-corrected chi connectivity index (χ4v) is 3.94. The molecule has 0 bridgehead atoms. The van der Waals surface area contributed by atoms with E-state index in [-0.39, 0.29) is 0 Å². The van der Waals surface area contributed by atoms with Crippen molar-refractivity contribution >= 4 is 0 Å². The Morgan fingerprint density at radius 1 is 0.875 bits per heavy atom. The van der Waals surface area contributed by atoms with E-state index >= 15 is 0 Å². The number of hydrogen-bond donors (Lipinski definition) is 0. The third-order valence-corrected chi connectivity index (χ3v) is 5.25. The molecule has 0 aliphatic heterocycles. The average molecular weight is 220 g/mol. The molecule has 0 aromatic carbocycles. The Kier molecular flexibility index (Phi) is 4.49. The van der Waals surface area contributed by atoms with E-state index < -0.39 is 0 Å². The quantitative estimate of drug-likeness (QED) is 0.574. The lowest BCUT2D eigenvalue weighted by Gasteiger charge is -2.37. The van der Waals surface area contributed by atoms with Crippen molar-refractivity contribution in [3.63, 3.8) is 0 Å². The lowest BCUT2D eigenvalue weighted by atomic mass is 9.69. The van der Waals surface area contributed by atoms with E-state index in [1.54, 1.807) is 0 Å². The van der Waals surface area contributed by atoms with Gasteiger partial charge in [0.05, 0.1) is 0 Å². The maximum atomic E-state index is 3.94. The van der Waals surface area contributed by atoms with Gasteiger partial charge in [-0.1, -0.05) is 45.1 Å². The Morgan fingerprint density at radius 2 is 1.44 bits per heavy atom. The topological polar surface area (TPSA) is 0 Å². The molecule has 2 aliphatic carbocycles. The summed E-state index contributed by atoms with van der Waals surface area (Å²) in [6.45, 7) is 6.29. The SMILES string of the molecule is C=CC(C)C1CCC(C2CCCCC2)CC1. The van der Waals surface area contributed by atoms with Crippen molar-refractivity contribution in [2.75, 3.05) is 0 Å². The first-order valence-corrected chi connectivity index (χ1v) is 7.44. The second-order valence-corrected chi connectivity index (χ2v) is 6.17. The van der Waals surface area contributed by atoms with Crippen LogP contribution in [0.3, 0.4) is 0 Å². The summed E-state index contributed by atoms with van der Waals surface area (Å²) in [5.41, 5.74) is 0. The van der Waals surface area contributed by atoms with Crippen LogP contribution in [0.1, 0.15) is 64.7 Å². The molecule has 2 saturated carbocycles. The predicted molar refractivity (Wildman–Crippen MR) is 71.4 cm³/mol. The van der Waals surface area contributed by atoms with Crippen molar-refractivity contribution in [1.82, 2.24) is 0 Å². The molecule has 2 fully saturated rings. The standard InChI is InChI=1S/C16H28/c1-3-13(2)14-9-11-16(12-10-14)15-7-5-4-6-8-15/h3,13-16H,1,4-12H2,2H3. The fraction of sp³-hybridized carbons (Fsp3) is 0.875. The highest BCUT2D eigenvalue weighted by molar-refractivity contribution is 4.86. The summed E-state index contributed by atoms with van der Waals surface area (Å²) < 4.78 is 0. The minimum atomic E-state index is 0.743. The maximum Gasteiger partial charge on any atom is -0.0236 e. The van der Waals surface area contributed by atoms with Gasteiger partial charge in [-0.3, -0.25) is 0 Å². The normalized spacial score (nSPS) is 34.6. The summed E-state index contributed by atoms with van der Waals surface area (Å²) >= 11 is 0. The van der Waals surface area contributed by atoms with Crippen LogP contribution in [0.2, 0.25) is 0 Å². The van der Waals surface area contributed by atoms with Crippen molar-refractivity contribution in [3.8, 4) is 0 Å². The Morgan fingerprint density at radius 3 is 2.00 bits per heavy atom. The van der Waals surface area contributed by atoms with E-state index in [1.165, 1.54) is 57.8 Å². The Balaban J connectivity index is 1.77. The van der Waals surface area contributed by atoms with E-state index in [4.69, 9.17) is 0 Å². The van der Waals surface area contributed by atoms with Crippen molar-refractivity contribution in [1.29, 1.82) is 0 Å². The van der Waals surface area contributed by atoms with Crippen LogP contribution in [-0.4, -0.2) is 0 Å². The van der Waals surface area contributed by atoms with E-state index in [9.17, 15) is 0 Å². The highest BCUT2D eigenvalue weighted by atomic mass is 14.3. The second kappa shape index (κ2) is 5.89. The van der Waals surface area contributed by atoms with Crippen LogP contribution in [0.5, 0.6) is 0 Å². The van der Waals surface area contributed by atoms with Gasteiger partial charge in [-0.05, 0) is 49.4 Å². The monoisotopic (exact) mass is 220 g/mol. The molecule has 0 amide bonds. The number of rotatable bonds is 3. The number of allylic oxidation sites excluding steroid dienone is 1. The summed E-state index contributed by atoms with van der Waals surface area (Å²) in [6, 6.07) is 0. The maximum absolute atomic E-state index is 3.94. The van der Waals surface area contributed by atoms with Gasteiger partial charge in [0.25, 0.3) is 0 Å². The van der Waals surface area contributed by atoms with E-state index in [2.05, 4.69) is 19.6 Å². The highest BCUT2D eigenvalue weighted by Crippen LogP contribution is 2.41. The average Bonchev–Trinajstić information content (AvgIpc) is 2.39.